The second-order valence-corrected chi connectivity index (χ2v) is 5.38. The quantitative estimate of drug-likeness (QED) is 0.832. The van der Waals surface area contributed by atoms with Gasteiger partial charge in [-0.1, -0.05) is 25.2 Å². The maximum absolute atomic E-state index is 4.15. The molecule has 1 heterocycles. The molecule has 1 aromatic rings. The molecule has 3 nitrogen and oxygen atoms in total. The van der Waals surface area contributed by atoms with Crippen molar-refractivity contribution in [1.29, 1.82) is 0 Å². The van der Waals surface area contributed by atoms with Crippen LogP contribution in [-0.4, -0.2) is 16.2 Å². The lowest BCUT2D eigenvalue weighted by molar-refractivity contribution is 0.691. The van der Waals surface area contributed by atoms with E-state index < -0.39 is 0 Å². The standard InChI is InChI=1S/C10H17N3S/c1-6(2)9-12-13-10(14-9)11-7(3)8-4-5-8/h6-8H,4-5H2,1-3H3,(H,11,13). The summed E-state index contributed by atoms with van der Waals surface area (Å²) < 4.78 is 0. The van der Waals surface area contributed by atoms with Gasteiger partial charge in [0.25, 0.3) is 0 Å². The molecule has 0 radical (unpaired) electrons. The van der Waals surface area contributed by atoms with E-state index in [1.807, 2.05) is 0 Å². The Morgan fingerprint density at radius 2 is 2.00 bits per heavy atom. The van der Waals surface area contributed by atoms with Gasteiger partial charge in [0.1, 0.15) is 5.01 Å². The van der Waals surface area contributed by atoms with Crippen molar-refractivity contribution in [2.45, 2.75) is 45.6 Å². The van der Waals surface area contributed by atoms with Crippen molar-refractivity contribution in [3.63, 3.8) is 0 Å². The fraction of sp³-hybridized carbons (Fsp3) is 0.800. The summed E-state index contributed by atoms with van der Waals surface area (Å²) in [5.41, 5.74) is 0. The van der Waals surface area contributed by atoms with Gasteiger partial charge in [0.05, 0.1) is 0 Å². The van der Waals surface area contributed by atoms with E-state index in [1.54, 1.807) is 11.3 Å². The summed E-state index contributed by atoms with van der Waals surface area (Å²) in [5.74, 6) is 1.35. The van der Waals surface area contributed by atoms with Crippen LogP contribution in [0.1, 0.15) is 44.5 Å². The highest BCUT2D eigenvalue weighted by Crippen LogP contribution is 2.34. The average molecular weight is 211 g/mol. The number of nitrogens with one attached hydrogen (secondary N) is 1. The zero-order chi connectivity index (χ0) is 10.1. The smallest absolute Gasteiger partial charge is 0.205 e. The van der Waals surface area contributed by atoms with Crippen molar-refractivity contribution >= 4 is 16.5 Å². The Balaban J connectivity index is 1.95. The summed E-state index contributed by atoms with van der Waals surface area (Å²) in [5, 5.41) is 13.8. The summed E-state index contributed by atoms with van der Waals surface area (Å²) in [4.78, 5) is 0. The van der Waals surface area contributed by atoms with Crippen LogP contribution in [0.3, 0.4) is 0 Å². The first-order valence-electron chi connectivity index (χ1n) is 5.26. The lowest BCUT2D eigenvalue weighted by Crippen LogP contribution is -2.16. The Kier molecular flexibility index (Phi) is 2.72. The molecule has 14 heavy (non-hydrogen) atoms. The number of rotatable bonds is 4. The Labute approximate surface area is 88.9 Å². The van der Waals surface area contributed by atoms with Gasteiger partial charge in [-0.3, -0.25) is 0 Å². The molecule has 0 aromatic carbocycles. The third-order valence-electron chi connectivity index (χ3n) is 2.61. The van der Waals surface area contributed by atoms with E-state index in [0.717, 1.165) is 16.1 Å². The summed E-state index contributed by atoms with van der Waals surface area (Å²) in [6, 6.07) is 0.558. The first-order chi connectivity index (χ1) is 6.66. The minimum atomic E-state index is 0.485. The minimum absolute atomic E-state index is 0.485. The van der Waals surface area contributed by atoms with Crippen molar-refractivity contribution < 1.29 is 0 Å². The van der Waals surface area contributed by atoms with Gasteiger partial charge in [-0.2, -0.15) is 0 Å². The average Bonchev–Trinajstić information content (AvgIpc) is 2.87. The lowest BCUT2D eigenvalue weighted by atomic mass is 10.2. The van der Waals surface area contributed by atoms with Gasteiger partial charge >= 0.3 is 0 Å². The Morgan fingerprint density at radius 1 is 1.29 bits per heavy atom. The van der Waals surface area contributed by atoms with Crippen molar-refractivity contribution in [3.05, 3.63) is 5.01 Å². The number of nitrogens with zero attached hydrogens (tertiary/aromatic N) is 2. The molecule has 1 aliphatic rings. The Hall–Kier alpha value is -0.640. The maximum atomic E-state index is 4.15. The third-order valence-corrected chi connectivity index (χ3v) is 3.77. The van der Waals surface area contributed by atoms with Crippen LogP contribution in [0.4, 0.5) is 5.13 Å². The molecule has 1 aromatic heterocycles. The summed E-state index contributed by atoms with van der Waals surface area (Å²) in [6.07, 6.45) is 2.73. The zero-order valence-corrected chi connectivity index (χ0v) is 9.77. The van der Waals surface area contributed by atoms with Crippen LogP contribution in [-0.2, 0) is 0 Å². The largest absolute Gasteiger partial charge is 0.357 e. The number of hydrogen-bond acceptors (Lipinski definition) is 4. The van der Waals surface area contributed by atoms with E-state index in [4.69, 9.17) is 0 Å². The van der Waals surface area contributed by atoms with E-state index in [1.165, 1.54) is 12.8 Å². The molecule has 1 saturated carbocycles. The van der Waals surface area contributed by atoms with Gasteiger partial charge in [0.15, 0.2) is 0 Å². The van der Waals surface area contributed by atoms with Gasteiger partial charge in [0.2, 0.25) is 5.13 Å². The van der Waals surface area contributed by atoms with Crippen LogP contribution >= 0.6 is 11.3 Å². The van der Waals surface area contributed by atoms with Gasteiger partial charge in [-0.15, -0.1) is 10.2 Å². The SMILES string of the molecule is CC(C)c1nnc(NC(C)C2CC2)s1. The maximum Gasteiger partial charge on any atom is 0.205 e. The fourth-order valence-electron chi connectivity index (χ4n) is 1.44. The third kappa shape index (κ3) is 2.23. The van der Waals surface area contributed by atoms with E-state index in [9.17, 15) is 0 Å². The van der Waals surface area contributed by atoms with E-state index in [-0.39, 0.29) is 0 Å². The first kappa shape index (κ1) is 9.90. The van der Waals surface area contributed by atoms with Crippen molar-refractivity contribution in [2.75, 3.05) is 5.32 Å². The topological polar surface area (TPSA) is 37.8 Å². The molecular weight excluding hydrogens is 194 g/mol. The van der Waals surface area contributed by atoms with Crippen molar-refractivity contribution in [3.8, 4) is 0 Å². The molecule has 0 spiro atoms. The molecule has 0 bridgehead atoms. The van der Waals surface area contributed by atoms with Crippen LogP contribution in [0.5, 0.6) is 0 Å². The van der Waals surface area contributed by atoms with Crippen LogP contribution in [0.25, 0.3) is 0 Å². The predicted octanol–water partition coefficient (Wildman–Crippen LogP) is 2.87. The van der Waals surface area contributed by atoms with E-state index in [0.29, 0.717) is 12.0 Å². The van der Waals surface area contributed by atoms with Crippen molar-refractivity contribution in [2.24, 2.45) is 5.92 Å². The molecule has 78 valence electrons. The zero-order valence-electron chi connectivity index (χ0n) is 8.95. The van der Waals surface area contributed by atoms with Crippen LogP contribution < -0.4 is 5.32 Å². The predicted molar refractivity (Wildman–Crippen MR) is 59.8 cm³/mol. The van der Waals surface area contributed by atoms with E-state index >= 15 is 0 Å². The van der Waals surface area contributed by atoms with Crippen LogP contribution in [0.15, 0.2) is 0 Å². The van der Waals surface area contributed by atoms with Gasteiger partial charge < -0.3 is 5.32 Å². The highest BCUT2D eigenvalue weighted by molar-refractivity contribution is 7.15. The van der Waals surface area contributed by atoms with Gasteiger partial charge in [-0.25, -0.2) is 0 Å². The summed E-state index contributed by atoms with van der Waals surface area (Å²) >= 11 is 1.68. The minimum Gasteiger partial charge on any atom is -0.357 e. The molecule has 1 atom stereocenters. The molecule has 0 amide bonds. The Bertz CT molecular complexity index is 304. The molecule has 0 aliphatic heterocycles. The molecule has 0 saturated heterocycles. The highest BCUT2D eigenvalue weighted by Gasteiger charge is 2.28. The first-order valence-corrected chi connectivity index (χ1v) is 6.08. The molecule has 1 fully saturated rings. The molecule has 1 aliphatic carbocycles. The fourth-order valence-corrected chi connectivity index (χ4v) is 2.28. The summed E-state index contributed by atoms with van der Waals surface area (Å²) in [6.45, 7) is 6.53. The Morgan fingerprint density at radius 3 is 2.50 bits per heavy atom. The second-order valence-electron chi connectivity index (χ2n) is 4.37. The molecule has 1 unspecified atom stereocenters. The monoisotopic (exact) mass is 211 g/mol. The molecule has 4 heteroatoms. The number of anilines is 1. The molecule has 2 rings (SSSR count). The van der Waals surface area contributed by atoms with Crippen molar-refractivity contribution in [1.82, 2.24) is 10.2 Å². The lowest BCUT2D eigenvalue weighted by Gasteiger charge is -2.09. The molecule has 1 N–H and O–H groups in total. The summed E-state index contributed by atoms with van der Waals surface area (Å²) in [7, 11) is 0. The van der Waals surface area contributed by atoms with Crippen LogP contribution in [0, 0.1) is 5.92 Å². The van der Waals surface area contributed by atoms with E-state index in [2.05, 4.69) is 36.3 Å². The van der Waals surface area contributed by atoms with Gasteiger partial charge in [0, 0.05) is 12.0 Å². The van der Waals surface area contributed by atoms with Gasteiger partial charge in [-0.05, 0) is 25.7 Å². The molecular formula is C10H17N3S. The van der Waals surface area contributed by atoms with Crippen LogP contribution in [0.2, 0.25) is 0 Å². The number of aromatic nitrogens is 2. The normalized spacial score (nSPS) is 18.6. The number of hydrogen-bond donors (Lipinski definition) is 1. The second kappa shape index (κ2) is 3.85. The highest BCUT2D eigenvalue weighted by atomic mass is 32.1.